The molecule has 0 radical (unpaired) electrons. The molecule has 4 nitrogen and oxygen atoms in total. The normalized spacial score (nSPS) is 9.94. The molecule has 0 aliphatic rings. The molecule has 0 unspecified atom stereocenters. The Kier molecular flexibility index (Phi) is 5.36. The second-order valence-electron chi connectivity index (χ2n) is 3.96. The van der Waals surface area contributed by atoms with Crippen LogP contribution >= 0.6 is 0 Å². The molecule has 4 heteroatoms. The lowest BCUT2D eigenvalue weighted by molar-refractivity contribution is 0.0496. The molecule has 0 bridgehead atoms. The Labute approximate surface area is 107 Å². The topological polar surface area (TPSA) is 52.6 Å². The van der Waals surface area contributed by atoms with Gasteiger partial charge in [0.05, 0.1) is 13.7 Å². The Morgan fingerprint density at radius 2 is 2.00 bits per heavy atom. The zero-order valence-corrected chi connectivity index (χ0v) is 11.0. The van der Waals surface area contributed by atoms with E-state index in [1.54, 1.807) is 18.2 Å². The SMILES string of the molecule is CCCCOC(=O)c1ccc(C(C)=O)cc1OC. The van der Waals surface area contributed by atoms with Crippen molar-refractivity contribution in [1.29, 1.82) is 0 Å². The van der Waals surface area contributed by atoms with Crippen LogP contribution in [0, 0.1) is 0 Å². The first-order chi connectivity index (χ1) is 8.60. The maximum Gasteiger partial charge on any atom is 0.341 e. The van der Waals surface area contributed by atoms with E-state index in [1.807, 2.05) is 6.92 Å². The van der Waals surface area contributed by atoms with E-state index in [2.05, 4.69) is 0 Å². The zero-order chi connectivity index (χ0) is 13.5. The maximum atomic E-state index is 11.8. The number of hydrogen-bond acceptors (Lipinski definition) is 4. The fraction of sp³-hybridized carbons (Fsp3) is 0.429. The van der Waals surface area contributed by atoms with Crippen LogP contribution in [0.15, 0.2) is 18.2 Å². The summed E-state index contributed by atoms with van der Waals surface area (Å²) in [5.74, 6) is -0.126. The largest absolute Gasteiger partial charge is 0.496 e. The van der Waals surface area contributed by atoms with Crippen LogP contribution < -0.4 is 4.74 Å². The summed E-state index contributed by atoms with van der Waals surface area (Å²) in [5, 5.41) is 0. The van der Waals surface area contributed by atoms with Crippen LogP contribution in [0.5, 0.6) is 5.75 Å². The number of hydrogen-bond donors (Lipinski definition) is 0. The van der Waals surface area contributed by atoms with Gasteiger partial charge >= 0.3 is 5.97 Å². The average molecular weight is 250 g/mol. The Balaban J connectivity index is 2.88. The molecule has 1 rings (SSSR count). The minimum atomic E-state index is -0.421. The van der Waals surface area contributed by atoms with Crippen molar-refractivity contribution < 1.29 is 19.1 Å². The van der Waals surface area contributed by atoms with E-state index in [-0.39, 0.29) is 5.78 Å². The summed E-state index contributed by atoms with van der Waals surface area (Å²) < 4.78 is 10.2. The third kappa shape index (κ3) is 3.58. The number of carbonyl (C=O) groups excluding carboxylic acids is 2. The second kappa shape index (κ2) is 6.79. The van der Waals surface area contributed by atoms with E-state index in [1.165, 1.54) is 14.0 Å². The van der Waals surface area contributed by atoms with Crippen LogP contribution in [0.25, 0.3) is 0 Å². The number of esters is 1. The van der Waals surface area contributed by atoms with Crippen molar-refractivity contribution in [3.05, 3.63) is 29.3 Å². The zero-order valence-electron chi connectivity index (χ0n) is 11.0. The predicted octanol–water partition coefficient (Wildman–Crippen LogP) is 2.85. The molecule has 1 aromatic rings. The van der Waals surface area contributed by atoms with E-state index in [0.717, 1.165) is 12.8 Å². The fourth-order valence-electron chi connectivity index (χ4n) is 1.47. The van der Waals surface area contributed by atoms with E-state index in [0.29, 0.717) is 23.5 Å². The lowest BCUT2D eigenvalue weighted by atomic mass is 10.1. The van der Waals surface area contributed by atoms with Crippen LogP contribution in [-0.2, 0) is 4.74 Å². The Bertz CT molecular complexity index is 437. The van der Waals surface area contributed by atoms with Crippen LogP contribution in [0.3, 0.4) is 0 Å². The highest BCUT2D eigenvalue weighted by molar-refractivity contribution is 5.98. The molecule has 0 amide bonds. The summed E-state index contributed by atoms with van der Waals surface area (Å²) in [7, 11) is 1.46. The van der Waals surface area contributed by atoms with Crippen molar-refractivity contribution in [3.8, 4) is 5.75 Å². The van der Waals surface area contributed by atoms with Crippen molar-refractivity contribution in [3.63, 3.8) is 0 Å². The molecule has 0 aliphatic heterocycles. The van der Waals surface area contributed by atoms with Crippen molar-refractivity contribution in [2.75, 3.05) is 13.7 Å². The molecule has 0 aromatic heterocycles. The number of benzene rings is 1. The molecule has 1 aromatic carbocycles. The van der Waals surface area contributed by atoms with Gasteiger partial charge in [0.2, 0.25) is 0 Å². The highest BCUT2D eigenvalue weighted by atomic mass is 16.5. The van der Waals surface area contributed by atoms with Crippen molar-refractivity contribution in [1.82, 2.24) is 0 Å². The number of carbonyl (C=O) groups is 2. The first kappa shape index (κ1) is 14.2. The molecule has 0 aliphatic carbocycles. The van der Waals surface area contributed by atoms with Gasteiger partial charge < -0.3 is 9.47 Å². The molecule has 0 saturated heterocycles. The molecular formula is C14H18O4. The smallest absolute Gasteiger partial charge is 0.341 e. The number of ketones is 1. The fourth-order valence-corrected chi connectivity index (χ4v) is 1.47. The van der Waals surface area contributed by atoms with Crippen LogP contribution in [0.2, 0.25) is 0 Å². The van der Waals surface area contributed by atoms with Gasteiger partial charge in [-0.05, 0) is 25.5 Å². The van der Waals surface area contributed by atoms with E-state index >= 15 is 0 Å². The second-order valence-corrected chi connectivity index (χ2v) is 3.96. The number of Topliss-reactive ketones (excluding diaryl/α,β-unsaturated/α-hetero) is 1. The van der Waals surface area contributed by atoms with Crippen LogP contribution in [0.4, 0.5) is 0 Å². The summed E-state index contributed by atoms with van der Waals surface area (Å²) in [6, 6.07) is 4.71. The summed E-state index contributed by atoms with van der Waals surface area (Å²) in [5.41, 5.74) is 0.857. The Morgan fingerprint density at radius 3 is 2.56 bits per heavy atom. The van der Waals surface area contributed by atoms with Crippen LogP contribution in [0.1, 0.15) is 47.4 Å². The van der Waals surface area contributed by atoms with Gasteiger partial charge in [-0.25, -0.2) is 4.79 Å². The van der Waals surface area contributed by atoms with Crippen molar-refractivity contribution in [2.45, 2.75) is 26.7 Å². The molecular weight excluding hydrogens is 232 g/mol. The monoisotopic (exact) mass is 250 g/mol. The van der Waals surface area contributed by atoms with Crippen molar-refractivity contribution in [2.24, 2.45) is 0 Å². The third-order valence-corrected chi connectivity index (χ3v) is 2.56. The highest BCUT2D eigenvalue weighted by Crippen LogP contribution is 2.21. The van der Waals surface area contributed by atoms with Gasteiger partial charge in [0.15, 0.2) is 5.78 Å². The summed E-state index contributed by atoms with van der Waals surface area (Å²) in [4.78, 5) is 23.0. The number of methoxy groups -OCH3 is 1. The first-order valence-corrected chi connectivity index (χ1v) is 5.96. The summed E-state index contributed by atoms with van der Waals surface area (Å²) >= 11 is 0. The molecule has 18 heavy (non-hydrogen) atoms. The Hall–Kier alpha value is -1.84. The summed E-state index contributed by atoms with van der Waals surface area (Å²) in [6.07, 6.45) is 1.80. The predicted molar refractivity (Wildman–Crippen MR) is 68.2 cm³/mol. The molecule has 0 N–H and O–H groups in total. The van der Waals surface area contributed by atoms with E-state index < -0.39 is 5.97 Å². The van der Waals surface area contributed by atoms with E-state index in [4.69, 9.17) is 9.47 Å². The maximum absolute atomic E-state index is 11.8. The molecule has 0 heterocycles. The minimum absolute atomic E-state index is 0.0702. The molecule has 0 saturated carbocycles. The van der Waals surface area contributed by atoms with Gasteiger partial charge in [-0.15, -0.1) is 0 Å². The first-order valence-electron chi connectivity index (χ1n) is 5.96. The molecule has 0 spiro atoms. The standard InChI is InChI=1S/C14H18O4/c1-4-5-8-18-14(16)12-7-6-11(10(2)15)9-13(12)17-3/h6-7,9H,4-5,8H2,1-3H3. The Morgan fingerprint density at radius 1 is 1.28 bits per heavy atom. The highest BCUT2D eigenvalue weighted by Gasteiger charge is 2.15. The number of ether oxygens (including phenoxy) is 2. The van der Waals surface area contributed by atoms with Crippen LogP contribution in [-0.4, -0.2) is 25.5 Å². The lowest BCUT2D eigenvalue weighted by Gasteiger charge is -2.09. The molecule has 0 fully saturated rings. The lowest BCUT2D eigenvalue weighted by Crippen LogP contribution is -2.09. The van der Waals surface area contributed by atoms with Crippen molar-refractivity contribution >= 4 is 11.8 Å². The van der Waals surface area contributed by atoms with Gasteiger partial charge in [-0.2, -0.15) is 0 Å². The number of unbranched alkanes of at least 4 members (excludes halogenated alkanes) is 1. The third-order valence-electron chi connectivity index (χ3n) is 2.56. The van der Waals surface area contributed by atoms with Gasteiger partial charge in [-0.1, -0.05) is 19.4 Å². The van der Waals surface area contributed by atoms with Gasteiger partial charge in [0, 0.05) is 5.56 Å². The quantitative estimate of drug-likeness (QED) is 0.442. The van der Waals surface area contributed by atoms with Gasteiger partial charge in [0.1, 0.15) is 11.3 Å². The summed E-state index contributed by atoms with van der Waals surface area (Å²) in [6.45, 7) is 3.89. The molecule has 98 valence electrons. The molecule has 0 atom stereocenters. The minimum Gasteiger partial charge on any atom is -0.496 e. The van der Waals surface area contributed by atoms with Gasteiger partial charge in [0.25, 0.3) is 0 Å². The van der Waals surface area contributed by atoms with E-state index in [9.17, 15) is 9.59 Å². The average Bonchev–Trinajstić information content (AvgIpc) is 2.38. The van der Waals surface area contributed by atoms with Gasteiger partial charge in [-0.3, -0.25) is 4.79 Å². The number of rotatable bonds is 6.